The van der Waals surface area contributed by atoms with E-state index in [9.17, 15) is 14.4 Å². The molecular formula is C24H30N2O3. The number of imide groups is 1. The predicted molar refractivity (Wildman–Crippen MR) is 109 cm³/mol. The Morgan fingerprint density at radius 3 is 2.03 bits per heavy atom. The summed E-state index contributed by atoms with van der Waals surface area (Å²) in [6.45, 7) is 2.49. The van der Waals surface area contributed by atoms with Crippen molar-refractivity contribution in [3.05, 3.63) is 35.4 Å². The van der Waals surface area contributed by atoms with Gasteiger partial charge in [-0.2, -0.15) is 0 Å². The molecule has 6 rings (SSSR count). The lowest BCUT2D eigenvalue weighted by molar-refractivity contribution is -0.139. The summed E-state index contributed by atoms with van der Waals surface area (Å²) in [7, 11) is 0. The number of carbonyl (C=O) groups excluding carboxylic acids is 3. The van der Waals surface area contributed by atoms with Gasteiger partial charge in [-0.15, -0.1) is 0 Å². The van der Waals surface area contributed by atoms with Gasteiger partial charge in [0, 0.05) is 24.4 Å². The second-order valence-corrected chi connectivity index (χ2v) is 10.0. The van der Waals surface area contributed by atoms with E-state index in [2.05, 4.69) is 12.2 Å². The molecule has 1 aromatic rings. The quantitative estimate of drug-likeness (QED) is 0.775. The van der Waals surface area contributed by atoms with Crippen molar-refractivity contribution >= 4 is 17.7 Å². The van der Waals surface area contributed by atoms with Gasteiger partial charge >= 0.3 is 0 Å². The first kappa shape index (κ1) is 18.8. The molecule has 5 fully saturated rings. The first-order valence-corrected chi connectivity index (χ1v) is 11.1. The Morgan fingerprint density at radius 1 is 1.00 bits per heavy atom. The zero-order valence-corrected chi connectivity index (χ0v) is 17.2. The summed E-state index contributed by atoms with van der Waals surface area (Å²) in [6.07, 6.45) is 8.66. The van der Waals surface area contributed by atoms with E-state index in [4.69, 9.17) is 0 Å². The number of amides is 3. The second kappa shape index (κ2) is 6.96. The van der Waals surface area contributed by atoms with Crippen LogP contribution in [0.15, 0.2) is 24.3 Å². The van der Waals surface area contributed by atoms with Gasteiger partial charge in [0.25, 0.3) is 5.91 Å². The van der Waals surface area contributed by atoms with Crippen LogP contribution in [0.5, 0.6) is 0 Å². The third-order valence-corrected chi connectivity index (χ3v) is 8.06. The van der Waals surface area contributed by atoms with Gasteiger partial charge in [0.15, 0.2) is 0 Å². The summed E-state index contributed by atoms with van der Waals surface area (Å²) in [5.74, 6) is 2.37. The number of nitrogens with zero attached hydrogens (tertiary/aromatic N) is 1. The van der Waals surface area contributed by atoms with Crippen LogP contribution in [-0.2, 0) is 16.1 Å². The highest BCUT2D eigenvalue weighted by Gasteiger charge is 2.53. The number of benzene rings is 1. The fraction of sp³-hybridized carbons (Fsp3) is 0.625. The summed E-state index contributed by atoms with van der Waals surface area (Å²) in [6, 6.07) is 7.51. The molecule has 0 aromatic heterocycles. The summed E-state index contributed by atoms with van der Waals surface area (Å²) in [5.41, 5.74) is 1.81. The van der Waals surface area contributed by atoms with E-state index >= 15 is 0 Å². The van der Waals surface area contributed by atoms with Gasteiger partial charge in [-0.3, -0.25) is 19.3 Å². The van der Waals surface area contributed by atoms with Crippen LogP contribution in [0.2, 0.25) is 0 Å². The molecule has 29 heavy (non-hydrogen) atoms. The SMILES string of the molecule is C[C@H](NC(=O)c1ccc(CN2C(=O)CCC2=O)cc1)C12CC3CC(CC(C3)C1)C2. The Labute approximate surface area is 172 Å². The van der Waals surface area contributed by atoms with Crippen molar-refractivity contribution in [3.63, 3.8) is 0 Å². The number of likely N-dealkylation sites (tertiary alicyclic amines) is 1. The molecule has 154 valence electrons. The van der Waals surface area contributed by atoms with Crippen LogP contribution in [-0.4, -0.2) is 28.7 Å². The van der Waals surface area contributed by atoms with Crippen LogP contribution in [0.25, 0.3) is 0 Å². The number of hydrogen-bond donors (Lipinski definition) is 1. The van der Waals surface area contributed by atoms with E-state index in [1.54, 1.807) is 0 Å². The topological polar surface area (TPSA) is 66.5 Å². The molecule has 5 heteroatoms. The molecule has 5 aliphatic rings. The number of carbonyl (C=O) groups is 3. The van der Waals surface area contributed by atoms with E-state index in [1.807, 2.05) is 24.3 Å². The van der Waals surface area contributed by atoms with Gasteiger partial charge < -0.3 is 5.32 Å². The van der Waals surface area contributed by atoms with Crippen molar-refractivity contribution in [1.82, 2.24) is 10.2 Å². The van der Waals surface area contributed by atoms with E-state index in [0.717, 1.165) is 23.3 Å². The first-order valence-electron chi connectivity index (χ1n) is 11.1. The zero-order chi connectivity index (χ0) is 20.2. The van der Waals surface area contributed by atoms with Gasteiger partial charge in [-0.05, 0) is 86.3 Å². The first-order chi connectivity index (χ1) is 13.9. The van der Waals surface area contributed by atoms with Crippen molar-refractivity contribution in [2.24, 2.45) is 23.2 Å². The molecule has 3 amide bonds. The molecule has 5 nitrogen and oxygen atoms in total. The summed E-state index contributed by atoms with van der Waals surface area (Å²) in [5, 5.41) is 3.30. The molecule has 1 aromatic carbocycles. The molecule has 1 N–H and O–H groups in total. The molecule has 0 unspecified atom stereocenters. The molecule has 1 heterocycles. The fourth-order valence-electron chi connectivity index (χ4n) is 6.88. The van der Waals surface area contributed by atoms with Gasteiger partial charge in [0.1, 0.15) is 0 Å². The number of rotatable bonds is 5. The minimum absolute atomic E-state index is 0.0203. The maximum atomic E-state index is 12.9. The normalized spacial score (nSPS) is 34.0. The van der Waals surface area contributed by atoms with Crippen LogP contribution in [0.3, 0.4) is 0 Å². The van der Waals surface area contributed by atoms with Crippen molar-refractivity contribution in [2.45, 2.75) is 70.9 Å². The Hall–Kier alpha value is -2.17. The van der Waals surface area contributed by atoms with Crippen molar-refractivity contribution in [1.29, 1.82) is 0 Å². The van der Waals surface area contributed by atoms with E-state index < -0.39 is 0 Å². The van der Waals surface area contributed by atoms with Crippen LogP contribution in [0.1, 0.15) is 74.2 Å². The summed E-state index contributed by atoms with van der Waals surface area (Å²) >= 11 is 0. The highest BCUT2D eigenvalue weighted by molar-refractivity contribution is 6.01. The summed E-state index contributed by atoms with van der Waals surface area (Å²) < 4.78 is 0. The van der Waals surface area contributed by atoms with E-state index in [0.29, 0.717) is 30.4 Å². The van der Waals surface area contributed by atoms with Gasteiger partial charge in [0.2, 0.25) is 11.8 Å². The van der Waals surface area contributed by atoms with Gasteiger partial charge in [-0.1, -0.05) is 12.1 Å². The maximum absolute atomic E-state index is 12.9. The number of nitrogens with one attached hydrogen (secondary N) is 1. The molecule has 4 saturated carbocycles. The lowest BCUT2D eigenvalue weighted by Gasteiger charge is -2.59. The Morgan fingerprint density at radius 2 is 1.52 bits per heavy atom. The minimum Gasteiger partial charge on any atom is -0.349 e. The highest BCUT2D eigenvalue weighted by atomic mass is 16.2. The number of hydrogen-bond acceptors (Lipinski definition) is 3. The highest BCUT2D eigenvalue weighted by Crippen LogP contribution is 2.61. The Kier molecular flexibility index (Phi) is 4.52. The fourth-order valence-corrected chi connectivity index (χ4v) is 6.88. The van der Waals surface area contributed by atoms with Gasteiger partial charge in [0.05, 0.1) is 6.54 Å². The zero-order valence-electron chi connectivity index (χ0n) is 17.2. The predicted octanol–water partition coefficient (Wildman–Crippen LogP) is 3.67. The monoisotopic (exact) mass is 394 g/mol. The standard InChI is InChI=1S/C24H30N2O3/c1-15(24-11-17-8-18(12-24)10-19(9-17)13-24)25-23(29)20-4-2-16(3-5-20)14-26-21(27)6-7-22(26)28/h2-5,15,17-19H,6-14H2,1H3,(H,25,29)/t15-,17?,18?,19?,24?/m0/s1. The third kappa shape index (κ3) is 3.38. The van der Waals surface area contributed by atoms with Crippen molar-refractivity contribution in [3.8, 4) is 0 Å². The second-order valence-electron chi connectivity index (χ2n) is 10.0. The molecular weight excluding hydrogens is 364 g/mol. The van der Waals surface area contributed by atoms with Crippen LogP contribution >= 0.6 is 0 Å². The van der Waals surface area contributed by atoms with Crippen molar-refractivity contribution in [2.75, 3.05) is 0 Å². The van der Waals surface area contributed by atoms with Gasteiger partial charge in [-0.25, -0.2) is 0 Å². The lowest BCUT2D eigenvalue weighted by atomic mass is 9.48. The van der Waals surface area contributed by atoms with E-state index in [1.165, 1.54) is 43.4 Å². The summed E-state index contributed by atoms with van der Waals surface area (Å²) in [4.78, 5) is 37.8. The third-order valence-electron chi connectivity index (χ3n) is 8.06. The smallest absolute Gasteiger partial charge is 0.251 e. The minimum atomic E-state index is -0.110. The Bertz CT molecular complexity index is 793. The molecule has 1 saturated heterocycles. The molecule has 4 aliphatic carbocycles. The molecule has 1 atom stereocenters. The van der Waals surface area contributed by atoms with E-state index in [-0.39, 0.29) is 23.8 Å². The van der Waals surface area contributed by atoms with Crippen LogP contribution in [0.4, 0.5) is 0 Å². The van der Waals surface area contributed by atoms with Crippen LogP contribution < -0.4 is 5.32 Å². The maximum Gasteiger partial charge on any atom is 0.251 e. The molecule has 1 aliphatic heterocycles. The molecule has 0 radical (unpaired) electrons. The largest absolute Gasteiger partial charge is 0.349 e. The average Bonchev–Trinajstić information content (AvgIpc) is 2.99. The Balaban J connectivity index is 1.23. The van der Waals surface area contributed by atoms with Crippen molar-refractivity contribution < 1.29 is 14.4 Å². The van der Waals surface area contributed by atoms with Crippen LogP contribution in [0, 0.1) is 23.2 Å². The average molecular weight is 395 g/mol. The molecule has 0 spiro atoms. The lowest BCUT2D eigenvalue weighted by Crippen LogP contribution is -2.55. The molecule has 4 bridgehead atoms.